The maximum Gasteiger partial charge on any atom is 0.409 e. The fourth-order valence-electron chi connectivity index (χ4n) is 0.848. The van der Waals surface area contributed by atoms with E-state index in [1.54, 1.807) is 6.07 Å². The molecule has 0 atom stereocenters. The predicted molar refractivity (Wildman–Crippen MR) is 51.6 cm³/mol. The van der Waals surface area contributed by atoms with Crippen LogP contribution in [0.5, 0.6) is 0 Å². The molecule has 0 heterocycles. The number of alkyl halides is 3. The zero-order valence-corrected chi connectivity index (χ0v) is 8.29. The van der Waals surface area contributed by atoms with Gasteiger partial charge in [0.25, 0.3) is 0 Å². The van der Waals surface area contributed by atoms with Crippen LogP contribution in [0, 0.1) is 0 Å². The summed E-state index contributed by atoms with van der Waals surface area (Å²) in [4.78, 5) is 0. The van der Waals surface area contributed by atoms with Crippen molar-refractivity contribution in [3.8, 4) is 0 Å². The van der Waals surface area contributed by atoms with Gasteiger partial charge in [0.05, 0.1) is 0 Å². The Morgan fingerprint density at radius 2 is 1.57 bits per heavy atom. The lowest BCUT2D eigenvalue weighted by atomic mass is 10.2. The predicted octanol–water partition coefficient (Wildman–Crippen LogP) is 4.57. The van der Waals surface area contributed by atoms with Gasteiger partial charge in [-0.25, -0.2) is 0 Å². The third-order valence-electron chi connectivity index (χ3n) is 1.44. The third-order valence-corrected chi connectivity index (χ3v) is 2.10. The summed E-state index contributed by atoms with van der Waals surface area (Å²) < 4.78 is 35.5. The third kappa shape index (κ3) is 3.24. The van der Waals surface area contributed by atoms with Gasteiger partial charge in [0.15, 0.2) is 0 Å². The Hall–Kier alpha value is -0.670. The van der Waals surface area contributed by atoms with E-state index < -0.39 is 6.18 Å². The normalized spacial score (nSPS) is 12.4. The zero-order valence-electron chi connectivity index (χ0n) is 6.78. The van der Waals surface area contributed by atoms with Crippen LogP contribution in [0.3, 0.4) is 0 Å². The van der Waals surface area contributed by atoms with E-state index in [9.17, 15) is 13.2 Å². The van der Waals surface area contributed by atoms with Gasteiger partial charge >= 0.3 is 6.18 Å². The van der Waals surface area contributed by atoms with Gasteiger partial charge in [-0.2, -0.15) is 13.2 Å². The average Bonchev–Trinajstić information content (AvgIpc) is 2.01. The summed E-state index contributed by atoms with van der Waals surface area (Å²) in [5.41, 5.74) is 0.174. The first-order chi connectivity index (χ1) is 6.40. The van der Waals surface area contributed by atoms with Gasteiger partial charge in [-0.15, -0.1) is 0 Å². The summed E-state index contributed by atoms with van der Waals surface area (Å²) in [5.74, 6) is 0. The van der Waals surface area contributed by atoms with Crippen molar-refractivity contribution < 1.29 is 13.2 Å². The van der Waals surface area contributed by atoms with Gasteiger partial charge in [0.1, 0.15) is 0 Å². The van der Waals surface area contributed by atoms with Crippen molar-refractivity contribution in [2.45, 2.75) is 6.18 Å². The van der Waals surface area contributed by atoms with Gasteiger partial charge in [-0.3, -0.25) is 0 Å². The Labute approximate surface area is 88.9 Å². The fourth-order valence-corrected chi connectivity index (χ4v) is 1.37. The molecule has 0 saturated carbocycles. The first-order valence-corrected chi connectivity index (χ1v) is 4.36. The van der Waals surface area contributed by atoms with Crippen LogP contribution >= 0.6 is 23.2 Å². The summed E-state index contributed by atoms with van der Waals surface area (Å²) in [6, 6.07) is 4.52. The summed E-state index contributed by atoms with van der Waals surface area (Å²) in [6.45, 7) is 0. The molecule has 0 fully saturated rings. The minimum atomic E-state index is -4.36. The Kier molecular flexibility index (Phi) is 3.45. The van der Waals surface area contributed by atoms with Crippen LogP contribution in [0.25, 0.3) is 6.08 Å². The molecule has 0 aliphatic heterocycles. The van der Waals surface area contributed by atoms with Crippen LogP contribution in [0.4, 0.5) is 13.2 Å². The molecular weight excluding hydrogens is 236 g/mol. The van der Waals surface area contributed by atoms with Crippen LogP contribution in [-0.4, -0.2) is 6.18 Å². The summed E-state index contributed by atoms with van der Waals surface area (Å²) >= 11 is 11.3. The molecule has 0 saturated heterocycles. The highest BCUT2D eigenvalue weighted by atomic mass is 35.5. The summed E-state index contributed by atoms with van der Waals surface area (Å²) in [5, 5.41) is 0.385. The van der Waals surface area contributed by atoms with Gasteiger partial charge in [0.2, 0.25) is 0 Å². The number of hydrogen-bond donors (Lipinski definition) is 0. The quantitative estimate of drug-likeness (QED) is 0.675. The molecule has 14 heavy (non-hydrogen) atoms. The van der Waals surface area contributed by atoms with Gasteiger partial charge in [-0.1, -0.05) is 29.3 Å². The number of benzene rings is 1. The Morgan fingerprint density at radius 1 is 1.07 bits per heavy atom. The second-order valence-corrected chi connectivity index (χ2v) is 3.32. The van der Waals surface area contributed by atoms with E-state index >= 15 is 0 Å². The van der Waals surface area contributed by atoms with E-state index in [4.69, 9.17) is 23.2 Å². The molecule has 76 valence electrons. The minimum Gasteiger partial charge on any atom is -0.167 e. The maximum atomic E-state index is 11.8. The lowest BCUT2D eigenvalue weighted by Crippen LogP contribution is -2.00. The topological polar surface area (TPSA) is 0 Å². The van der Waals surface area contributed by atoms with E-state index in [1.165, 1.54) is 12.1 Å². The van der Waals surface area contributed by atoms with Gasteiger partial charge < -0.3 is 0 Å². The second-order valence-electron chi connectivity index (χ2n) is 2.51. The van der Waals surface area contributed by atoms with Crippen molar-refractivity contribution in [2.75, 3.05) is 0 Å². The molecule has 5 heteroatoms. The molecule has 0 N–H and O–H groups in total. The number of allylic oxidation sites excluding steroid dienone is 1. The number of hydrogen-bond acceptors (Lipinski definition) is 0. The van der Waals surface area contributed by atoms with Crippen molar-refractivity contribution in [3.05, 3.63) is 39.9 Å². The lowest BCUT2D eigenvalue weighted by Gasteiger charge is -2.02. The molecule has 0 bridgehead atoms. The molecule has 0 radical (unpaired) electrons. The minimum absolute atomic E-state index is 0.0973. The van der Waals surface area contributed by atoms with E-state index in [0.29, 0.717) is 0 Å². The molecule has 0 aliphatic carbocycles. The monoisotopic (exact) mass is 240 g/mol. The van der Waals surface area contributed by atoms with Crippen LogP contribution in [0.15, 0.2) is 24.3 Å². The molecule has 0 spiro atoms. The Morgan fingerprint density at radius 3 is 2.00 bits per heavy atom. The summed E-state index contributed by atoms with van der Waals surface area (Å²) in [6.07, 6.45) is -3.41. The van der Waals surface area contributed by atoms with E-state index in [2.05, 4.69) is 0 Å². The van der Waals surface area contributed by atoms with E-state index in [1.807, 2.05) is 0 Å². The van der Waals surface area contributed by atoms with Crippen molar-refractivity contribution in [1.82, 2.24) is 0 Å². The SMILES string of the molecule is FC(F)(F)C=Cc1c(Cl)cccc1Cl. The molecule has 1 rings (SSSR count). The highest BCUT2D eigenvalue weighted by molar-refractivity contribution is 6.37. The molecule has 1 aromatic rings. The molecule has 0 aliphatic rings. The van der Waals surface area contributed by atoms with Gasteiger partial charge in [0, 0.05) is 21.7 Å². The highest BCUT2D eigenvalue weighted by Gasteiger charge is 2.22. The van der Waals surface area contributed by atoms with Gasteiger partial charge in [-0.05, 0) is 18.2 Å². The molecule has 0 nitrogen and oxygen atoms in total. The standard InChI is InChI=1S/C9H5Cl2F3/c10-7-2-1-3-8(11)6(7)4-5-9(12,13)14/h1-5H. The molecular formula is C9H5Cl2F3. The molecule has 0 aromatic heterocycles. The second kappa shape index (κ2) is 4.24. The van der Waals surface area contributed by atoms with Crippen LogP contribution in [0.1, 0.15) is 5.56 Å². The Bertz CT molecular complexity index is 335. The largest absolute Gasteiger partial charge is 0.409 e. The lowest BCUT2D eigenvalue weighted by molar-refractivity contribution is -0.0790. The average molecular weight is 241 g/mol. The fraction of sp³-hybridized carbons (Fsp3) is 0.111. The Balaban J connectivity index is 3.03. The first kappa shape index (κ1) is 11.4. The van der Waals surface area contributed by atoms with Crippen LogP contribution in [-0.2, 0) is 0 Å². The van der Waals surface area contributed by atoms with E-state index in [-0.39, 0.29) is 21.7 Å². The van der Waals surface area contributed by atoms with Crippen molar-refractivity contribution in [3.63, 3.8) is 0 Å². The molecule has 0 unspecified atom stereocenters. The van der Waals surface area contributed by atoms with Crippen molar-refractivity contribution in [1.29, 1.82) is 0 Å². The maximum absolute atomic E-state index is 11.8. The molecule has 1 aromatic carbocycles. The zero-order chi connectivity index (χ0) is 10.8. The summed E-state index contributed by atoms with van der Waals surface area (Å²) in [7, 11) is 0. The van der Waals surface area contributed by atoms with Crippen molar-refractivity contribution >= 4 is 29.3 Å². The molecule has 0 amide bonds. The van der Waals surface area contributed by atoms with E-state index in [0.717, 1.165) is 6.08 Å². The van der Waals surface area contributed by atoms with Crippen molar-refractivity contribution in [2.24, 2.45) is 0 Å². The smallest absolute Gasteiger partial charge is 0.167 e. The highest BCUT2D eigenvalue weighted by Crippen LogP contribution is 2.27. The van der Waals surface area contributed by atoms with Crippen LogP contribution < -0.4 is 0 Å². The first-order valence-electron chi connectivity index (χ1n) is 3.60. The number of halogens is 5. The number of rotatable bonds is 1. The van der Waals surface area contributed by atoms with Crippen LogP contribution in [0.2, 0.25) is 10.0 Å².